The third kappa shape index (κ3) is 4.08. The van der Waals surface area contributed by atoms with Gasteiger partial charge < -0.3 is 15.6 Å². The van der Waals surface area contributed by atoms with Crippen LogP contribution in [0.1, 0.15) is 16.1 Å². The van der Waals surface area contributed by atoms with Crippen molar-refractivity contribution in [2.24, 2.45) is 5.73 Å². The number of carbonyl (C=O) groups excluding carboxylic acids is 2. The number of primary amides is 1. The number of benzene rings is 2. The molecule has 0 atom stereocenters. The van der Waals surface area contributed by atoms with Crippen molar-refractivity contribution in [3.63, 3.8) is 0 Å². The number of hydrogen-bond acceptors (Lipinski definition) is 4. The minimum atomic E-state index is -0.534. The summed E-state index contributed by atoms with van der Waals surface area (Å²) in [7, 11) is 0. The molecule has 7 heteroatoms. The first-order chi connectivity index (χ1) is 12.0. The molecule has 0 spiro atoms. The van der Waals surface area contributed by atoms with Crippen LogP contribution in [0, 0.1) is 5.82 Å². The molecule has 0 bridgehead atoms. The van der Waals surface area contributed by atoms with E-state index in [1.54, 1.807) is 30.3 Å². The summed E-state index contributed by atoms with van der Waals surface area (Å²) in [4.78, 5) is 23.1. The molecule has 1 aromatic heterocycles. The fourth-order valence-electron chi connectivity index (χ4n) is 2.23. The Morgan fingerprint density at radius 3 is 2.40 bits per heavy atom. The molecule has 0 radical (unpaired) electrons. The maximum Gasteiger partial charge on any atom is 0.248 e. The molecule has 6 nitrogen and oxygen atoms in total. The zero-order valence-electron chi connectivity index (χ0n) is 13.0. The van der Waals surface area contributed by atoms with Crippen LogP contribution in [-0.2, 0) is 11.2 Å². The highest BCUT2D eigenvalue weighted by Gasteiger charge is 2.11. The number of halogens is 1. The highest BCUT2D eigenvalue weighted by Crippen LogP contribution is 2.21. The van der Waals surface area contributed by atoms with Gasteiger partial charge in [0.25, 0.3) is 0 Å². The molecule has 1 heterocycles. The van der Waals surface area contributed by atoms with E-state index in [2.05, 4.69) is 10.5 Å². The van der Waals surface area contributed by atoms with E-state index in [-0.39, 0.29) is 18.1 Å². The second-order valence-electron chi connectivity index (χ2n) is 5.36. The SMILES string of the molecule is NC(=O)c1ccc(NC(=O)Cc2cc(-c3ccc(F)cc3)on2)cc1. The van der Waals surface area contributed by atoms with Gasteiger partial charge in [0.05, 0.1) is 12.1 Å². The molecule has 126 valence electrons. The lowest BCUT2D eigenvalue weighted by Crippen LogP contribution is -2.15. The van der Waals surface area contributed by atoms with Crippen molar-refractivity contribution in [2.75, 3.05) is 5.32 Å². The van der Waals surface area contributed by atoms with Crippen molar-refractivity contribution < 1.29 is 18.5 Å². The third-order valence-electron chi connectivity index (χ3n) is 3.48. The quantitative estimate of drug-likeness (QED) is 0.747. The molecule has 2 aromatic carbocycles. The van der Waals surface area contributed by atoms with Crippen molar-refractivity contribution in [1.82, 2.24) is 5.16 Å². The van der Waals surface area contributed by atoms with Crippen molar-refractivity contribution in [1.29, 1.82) is 0 Å². The zero-order valence-corrected chi connectivity index (χ0v) is 13.0. The summed E-state index contributed by atoms with van der Waals surface area (Å²) >= 11 is 0. The molecule has 0 aliphatic heterocycles. The van der Waals surface area contributed by atoms with Gasteiger partial charge in [-0.15, -0.1) is 0 Å². The van der Waals surface area contributed by atoms with Gasteiger partial charge in [0, 0.05) is 22.9 Å². The van der Waals surface area contributed by atoms with Gasteiger partial charge in [-0.25, -0.2) is 4.39 Å². The highest BCUT2D eigenvalue weighted by molar-refractivity contribution is 5.95. The number of hydrogen-bond donors (Lipinski definition) is 2. The maximum atomic E-state index is 12.9. The first kappa shape index (κ1) is 16.4. The number of anilines is 1. The van der Waals surface area contributed by atoms with Gasteiger partial charge >= 0.3 is 0 Å². The summed E-state index contributed by atoms with van der Waals surface area (Å²) in [6.45, 7) is 0. The molecule has 0 unspecified atom stereocenters. The number of amides is 2. The van der Waals surface area contributed by atoms with Crippen LogP contribution in [0.5, 0.6) is 0 Å². The second-order valence-corrected chi connectivity index (χ2v) is 5.36. The van der Waals surface area contributed by atoms with Crippen molar-refractivity contribution in [3.05, 3.63) is 71.7 Å². The van der Waals surface area contributed by atoms with E-state index >= 15 is 0 Å². The average molecular weight is 339 g/mol. The Kier molecular flexibility index (Phi) is 4.56. The molecule has 0 saturated carbocycles. The number of nitrogens with one attached hydrogen (secondary N) is 1. The lowest BCUT2D eigenvalue weighted by molar-refractivity contribution is -0.115. The summed E-state index contributed by atoms with van der Waals surface area (Å²) < 4.78 is 18.1. The highest BCUT2D eigenvalue weighted by atomic mass is 19.1. The van der Waals surface area contributed by atoms with E-state index in [1.807, 2.05) is 0 Å². The Hall–Kier alpha value is -3.48. The summed E-state index contributed by atoms with van der Waals surface area (Å²) in [5.74, 6) is -0.710. The molecular formula is C18H14FN3O3. The van der Waals surface area contributed by atoms with Gasteiger partial charge in [-0.1, -0.05) is 5.16 Å². The van der Waals surface area contributed by atoms with E-state index in [9.17, 15) is 14.0 Å². The van der Waals surface area contributed by atoms with Crippen LogP contribution < -0.4 is 11.1 Å². The van der Waals surface area contributed by atoms with Crippen molar-refractivity contribution in [2.45, 2.75) is 6.42 Å². The Morgan fingerprint density at radius 1 is 1.08 bits per heavy atom. The van der Waals surface area contributed by atoms with Gasteiger partial charge in [-0.05, 0) is 48.5 Å². The molecule has 2 amide bonds. The zero-order chi connectivity index (χ0) is 17.8. The van der Waals surface area contributed by atoms with Gasteiger partial charge in [0.2, 0.25) is 11.8 Å². The Morgan fingerprint density at radius 2 is 1.76 bits per heavy atom. The van der Waals surface area contributed by atoms with Crippen LogP contribution in [0.2, 0.25) is 0 Å². The van der Waals surface area contributed by atoms with Gasteiger partial charge in [0.1, 0.15) is 5.82 Å². The number of nitrogens with two attached hydrogens (primary N) is 1. The molecule has 0 aliphatic carbocycles. The Labute approximate surface area is 142 Å². The summed E-state index contributed by atoms with van der Waals surface area (Å²) in [6, 6.07) is 13.6. The van der Waals surface area contributed by atoms with Crippen LogP contribution >= 0.6 is 0 Å². The minimum absolute atomic E-state index is 0.0161. The topological polar surface area (TPSA) is 98.2 Å². The normalized spacial score (nSPS) is 10.4. The predicted molar refractivity (Wildman–Crippen MR) is 89.2 cm³/mol. The van der Waals surface area contributed by atoms with Crippen LogP contribution in [0.3, 0.4) is 0 Å². The van der Waals surface area contributed by atoms with E-state index in [0.29, 0.717) is 28.3 Å². The van der Waals surface area contributed by atoms with Crippen LogP contribution in [0.15, 0.2) is 59.1 Å². The summed E-state index contributed by atoms with van der Waals surface area (Å²) in [5, 5.41) is 6.53. The molecule has 0 aliphatic rings. The molecule has 3 aromatic rings. The average Bonchev–Trinajstić information content (AvgIpc) is 3.04. The monoisotopic (exact) mass is 339 g/mol. The van der Waals surface area contributed by atoms with Gasteiger partial charge in [-0.2, -0.15) is 0 Å². The molecule has 0 saturated heterocycles. The standard InChI is InChI=1S/C18H14FN3O3/c19-13-5-1-11(2-6-13)16-9-15(22-25-16)10-17(23)21-14-7-3-12(4-8-14)18(20)24/h1-9H,10H2,(H2,20,24)(H,21,23). The first-order valence-electron chi connectivity index (χ1n) is 7.42. The largest absolute Gasteiger partial charge is 0.366 e. The summed E-state index contributed by atoms with van der Waals surface area (Å²) in [6.07, 6.45) is 0.0161. The van der Waals surface area contributed by atoms with Crippen LogP contribution in [0.25, 0.3) is 11.3 Å². The van der Waals surface area contributed by atoms with Gasteiger partial charge in [-0.3, -0.25) is 9.59 Å². The lowest BCUT2D eigenvalue weighted by atomic mass is 10.1. The smallest absolute Gasteiger partial charge is 0.248 e. The van der Waals surface area contributed by atoms with Crippen molar-refractivity contribution in [3.8, 4) is 11.3 Å². The van der Waals surface area contributed by atoms with E-state index in [1.165, 1.54) is 24.3 Å². The van der Waals surface area contributed by atoms with E-state index < -0.39 is 5.91 Å². The number of aromatic nitrogens is 1. The fourth-order valence-corrected chi connectivity index (χ4v) is 2.23. The maximum absolute atomic E-state index is 12.9. The Bertz CT molecular complexity index is 902. The fraction of sp³-hybridized carbons (Fsp3) is 0.0556. The van der Waals surface area contributed by atoms with Crippen LogP contribution in [-0.4, -0.2) is 17.0 Å². The lowest BCUT2D eigenvalue weighted by Gasteiger charge is -2.04. The first-order valence-corrected chi connectivity index (χ1v) is 7.42. The molecule has 3 N–H and O–H groups in total. The number of rotatable bonds is 5. The minimum Gasteiger partial charge on any atom is -0.366 e. The van der Waals surface area contributed by atoms with E-state index in [0.717, 1.165) is 0 Å². The van der Waals surface area contributed by atoms with E-state index in [4.69, 9.17) is 10.3 Å². The molecule has 0 fully saturated rings. The molecule has 25 heavy (non-hydrogen) atoms. The second kappa shape index (κ2) is 6.96. The molecular weight excluding hydrogens is 325 g/mol. The number of nitrogens with zero attached hydrogens (tertiary/aromatic N) is 1. The Balaban J connectivity index is 1.63. The van der Waals surface area contributed by atoms with Crippen LogP contribution in [0.4, 0.5) is 10.1 Å². The predicted octanol–water partition coefficient (Wildman–Crippen LogP) is 2.76. The summed E-state index contributed by atoms with van der Waals surface area (Å²) in [5.41, 5.74) is 7.18. The third-order valence-corrected chi connectivity index (χ3v) is 3.48. The molecule has 3 rings (SSSR count). The van der Waals surface area contributed by atoms with Crippen molar-refractivity contribution >= 4 is 17.5 Å². The van der Waals surface area contributed by atoms with Gasteiger partial charge in [0.15, 0.2) is 5.76 Å². The number of carbonyl (C=O) groups is 2.